The first-order valence-corrected chi connectivity index (χ1v) is 12.5. The Morgan fingerprint density at radius 2 is 1.81 bits per heavy atom. The van der Waals surface area contributed by atoms with Crippen LogP contribution in [0.25, 0.3) is 16.8 Å². The van der Waals surface area contributed by atoms with Gasteiger partial charge in [-0.3, -0.25) is 24.2 Å². The second kappa shape index (κ2) is 11.2. The van der Waals surface area contributed by atoms with Crippen LogP contribution >= 0.6 is 0 Å². The quantitative estimate of drug-likeness (QED) is 0.400. The molecule has 9 heteroatoms. The number of morpholine rings is 1. The van der Waals surface area contributed by atoms with E-state index in [4.69, 9.17) is 9.72 Å². The van der Waals surface area contributed by atoms with E-state index >= 15 is 0 Å². The first-order valence-electron chi connectivity index (χ1n) is 12.5. The van der Waals surface area contributed by atoms with Crippen LogP contribution in [0.15, 0.2) is 73.2 Å². The third-order valence-electron chi connectivity index (χ3n) is 6.37. The zero-order valence-corrected chi connectivity index (χ0v) is 20.8. The Bertz CT molecular complexity index is 1370. The van der Waals surface area contributed by atoms with Crippen molar-refractivity contribution < 1.29 is 14.3 Å². The summed E-state index contributed by atoms with van der Waals surface area (Å²) in [6.07, 6.45) is 7.39. The van der Waals surface area contributed by atoms with Crippen LogP contribution in [0.5, 0.6) is 0 Å². The fraction of sp³-hybridized carbons (Fsp3) is 0.286. The van der Waals surface area contributed by atoms with Crippen molar-refractivity contribution in [1.29, 1.82) is 0 Å². The van der Waals surface area contributed by atoms with E-state index in [2.05, 4.69) is 10.4 Å². The van der Waals surface area contributed by atoms with Gasteiger partial charge in [0.1, 0.15) is 0 Å². The first kappa shape index (κ1) is 24.5. The molecule has 1 fully saturated rings. The predicted octanol–water partition coefficient (Wildman–Crippen LogP) is 3.71. The van der Waals surface area contributed by atoms with E-state index < -0.39 is 0 Å². The number of carbonyl (C=O) groups is 2. The molecular weight excluding hydrogens is 468 g/mol. The minimum Gasteiger partial charge on any atom is -0.378 e. The lowest BCUT2D eigenvalue weighted by molar-refractivity contribution is -0.135. The summed E-state index contributed by atoms with van der Waals surface area (Å²) in [6.45, 7) is 2.50. The van der Waals surface area contributed by atoms with Gasteiger partial charge in [0.2, 0.25) is 11.9 Å². The van der Waals surface area contributed by atoms with Crippen LogP contribution in [-0.4, -0.2) is 62.3 Å². The molecule has 2 amide bonds. The zero-order chi connectivity index (χ0) is 25.6. The standard InChI is InChI=1S/C28H30N6O3/c1-32-19-23(18-29-32)21-7-5-8-22(17-21)27(36)31-28-30-24(20-34(28)25-10-3-2-4-11-25)9-6-12-26(35)33-13-15-37-16-14-33/h2-5,7-8,10-11,17-20H,6,9,12-16H2,1H3,(H,30,31,36). The van der Waals surface area contributed by atoms with Gasteiger partial charge in [0.05, 0.1) is 25.1 Å². The number of nitrogens with one attached hydrogen (secondary N) is 1. The molecule has 4 aromatic rings. The van der Waals surface area contributed by atoms with Crippen molar-refractivity contribution in [1.82, 2.24) is 24.2 Å². The molecule has 2 aromatic carbocycles. The number of hydrogen-bond donors (Lipinski definition) is 1. The molecule has 0 saturated carbocycles. The fourth-order valence-electron chi connectivity index (χ4n) is 4.40. The second-order valence-electron chi connectivity index (χ2n) is 9.05. The number of rotatable bonds is 8. The van der Waals surface area contributed by atoms with Crippen molar-refractivity contribution in [3.05, 3.63) is 84.4 Å². The van der Waals surface area contributed by atoms with Crippen LogP contribution in [0.2, 0.25) is 0 Å². The van der Waals surface area contributed by atoms with Crippen LogP contribution < -0.4 is 5.32 Å². The first-order chi connectivity index (χ1) is 18.1. The van der Waals surface area contributed by atoms with Gasteiger partial charge in [-0.1, -0.05) is 30.3 Å². The highest BCUT2D eigenvalue weighted by Gasteiger charge is 2.18. The summed E-state index contributed by atoms with van der Waals surface area (Å²) in [6, 6.07) is 17.2. The number of hydrogen-bond acceptors (Lipinski definition) is 5. The highest BCUT2D eigenvalue weighted by molar-refractivity contribution is 6.04. The average molecular weight is 499 g/mol. The van der Waals surface area contributed by atoms with E-state index in [0.29, 0.717) is 57.1 Å². The molecule has 1 aliphatic heterocycles. The number of ether oxygens (including phenoxy) is 1. The normalized spacial score (nSPS) is 13.5. The van der Waals surface area contributed by atoms with Gasteiger partial charge in [-0.25, -0.2) is 4.98 Å². The number of benzene rings is 2. The van der Waals surface area contributed by atoms with Gasteiger partial charge in [0.15, 0.2) is 0 Å². The molecule has 1 saturated heterocycles. The van der Waals surface area contributed by atoms with Crippen molar-refractivity contribution in [3.8, 4) is 16.8 Å². The van der Waals surface area contributed by atoms with Gasteiger partial charge < -0.3 is 9.64 Å². The average Bonchev–Trinajstić information content (AvgIpc) is 3.55. The topological polar surface area (TPSA) is 94.3 Å². The summed E-state index contributed by atoms with van der Waals surface area (Å²) >= 11 is 0. The van der Waals surface area contributed by atoms with Crippen molar-refractivity contribution >= 4 is 17.8 Å². The largest absolute Gasteiger partial charge is 0.378 e. The molecular formula is C28H30N6O3. The summed E-state index contributed by atoms with van der Waals surface area (Å²) in [5.41, 5.74) is 4.10. The lowest BCUT2D eigenvalue weighted by atomic mass is 10.1. The number of amides is 2. The number of aryl methyl sites for hydroxylation is 2. The zero-order valence-electron chi connectivity index (χ0n) is 20.8. The summed E-state index contributed by atoms with van der Waals surface area (Å²) in [5.74, 6) is 0.341. The predicted molar refractivity (Wildman–Crippen MR) is 140 cm³/mol. The molecule has 9 nitrogen and oxygen atoms in total. The monoisotopic (exact) mass is 498 g/mol. The highest BCUT2D eigenvalue weighted by atomic mass is 16.5. The van der Waals surface area contributed by atoms with Crippen LogP contribution in [0.1, 0.15) is 28.9 Å². The van der Waals surface area contributed by atoms with Crippen LogP contribution in [0.3, 0.4) is 0 Å². The third-order valence-corrected chi connectivity index (χ3v) is 6.37. The molecule has 1 N–H and O–H groups in total. The van der Waals surface area contributed by atoms with Gasteiger partial charge in [0, 0.05) is 55.8 Å². The van der Waals surface area contributed by atoms with Crippen molar-refractivity contribution in [2.75, 3.05) is 31.6 Å². The van der Waals surface area contributed by atoms with Gasteiger partial charge >= 0.3 is 0 Å². The van der Waals surface area contributed by atoms with Gasteiger partial charge in [0.25, 0.3) is 5.91 Å². The van der Waals surface area contributed by atoms with E-state index in [1.807, 2.05) is 77.4 Å². The number of aromatic nitrogens is 4. The van der Waals surface area contributed by atoms with Gasteiger partial charge in [-0.2, -0.15) is 5.10 Å². The van der Waals surface area contributed by atoms with Crippen LogP contribution in [0.4, 0.5) is 5.95 Å². The van der Waals surface area contributed by atoms with E-state index in [9.17, 15) is 9.59 Å². The number of imidazole rings is 1. The minimum absolute atomic E-state index is 0.146. The molecule has 2 aromatic heterocycles. The Morgan fingerprint density at radius 3 is 2.57 bits per heavy atom. The molecule has 0 radical (unpaired) electrons. The molecule has 1 aliphatic rings. The minimum atomic E-state index is -0.248. The third kappa shape index (κ3) is 5.95. The number of anilines is 1. The molecule has 37 heavy (non-hydrogen) atoms. The number of nitrogens with zero attached hydrogens (tertiary/aromatic N) is 5. The second-order valence-corrected chi connectivity index (χ2v) is 9.05. The van der Waals surface area contributed by atoms with Crippen molar-refractivity contribution in [2.45, 2.75) is 19.3 Å². The van der Waals surface area contributed by atoms with Crippen LogP contribution in [-0.2, 0) is 23.0 Å². The van der Waals surface area contributed by atoms with Gasteiger partial charge in [-0.15, -0.1) is 0 Å². The molecule has 190 valence electrons. The maximum Gasteiger partial charge on any atom is 0.258 e. The molecule has 0 bridgehead atoms. The molecule has 5 rings (SSSR count). The molecule has 0 aliphatic carbocycles. The molecule has 0 spiro atoms. The SMILES string of the molecule is Cn1cc(-c2cccc(C(=O)Nc3nc(CCCC(=O)N4CCOCC4)cn3-c3ccccc3)c2)cn1. The van der Waals surface area contributed by atoms with Crippen molar-refractivity contribution in [3.63, 3.8) is 0 Å². The van der Waals surface area contributed by atoms with Gasteiger partial charge in [-0.05, 0) is 42.7 Å². The molecule has 3 heterocycles. The Kier molecular flexibility index (Phi) is 7.41. The van der Waals surface area contributed by atoms with E-state index in [1.54, 1.807) is 16.9 Å². The fourth-order valence-corrected chi connectivity index (χ4v) is 4.40. The highest BCUT2D eigenvalue weighted by Crippen LogP contribution is 2.22. The summed E-state index contributed by atoms with van der Waals surface area (Å²) in [5, 5.41) is 7.20. The maximum atomic E-state index is 13.2. The summed E-state index contributed by atoms with van der Waals surface area (Å²) in [7, 11) is 1.86. The number of carbonyl (C=O) groups excluding carboxylic acids is 2. The lowest BCUT2D eigenvalue weighted by Crippen LogP contribution is -2.40. The Labute approximate surface area is 215 Å². The smallest absolute Gasteiger partial charge is 0.258 e. The van der Waals surface area contributed by atoms with Crippen molar-refractivity contribution in [2.24, 2.45) is 7.05 Å². The van der Waals surface area contributed by atoms with E-state index in [0.717, 1.165) is 22.5 Å². The Morgan fingerprint density at radius 1 is 1.00 bits per heavy atom. The summed E-state index contributed by atoms with van der Waals surface area (Å²) in [4.78, 5) is 32.3. The van der Waals surface area contributed by atoms with E-state index in [1.165, 1.54) is 0 Å². The Hall–Kier alpha value is -4.24. The van der Waals surface area contributed by atoms with Crippen LogP contribution in [0, 0.1) is 0 Å². The maximum absolute atomic E-state index is 13.2. The lowest BCUT2D eigenvalue weighted by Gasteiger charge is -2.26. The molecule has 0 atom stereocenters. The Balaban J connectivity index is 1.31. The molecule has 0 unspecified atom stereocenters. The number of para-hydroxylation sites is 1. The summed E-state index contributed by atoms with van der Waals surface area (Å²) < 4.78 is 8.94. The van der Waals surface area contributed by atoms with E-state index in [-0.39, 0.29) is 11.8 Å².